The van der Waals surface area contributed by atoms with Crippen LogP contribution in [0.15, 0.2) is 42.5 Å². The van der Waals surface area contributed by atoms with Crippen LogP contribution in [-0.2, 0) is 6.54 Å². The van der Waals surface area contributed by atoms with Gasteiger partial charge in [0, 0.05) is 56.7 Å². The summed E-state index contributed by atoms with van der Waals surface area (Å²) in [7, 11) is 1.82. The van der Waals surface area contributed by atoms with Crippen molar-refractivity contribution in [2.45, 2.75) is 46.1 Å². The number of anilines is 2. The average Bonchev–Trinajstić information content (AvgIpc) is 3.35. The van der Waals surface area contributed by atoms with Gasteiger partial charge in [0.1, 0.15) is 0 Å². The van der Waals surface area contributed by atoms with Crippen molar-refractivity contribution in [1.82, 2.24) is 9.80 Å². The number of carbonyl (C=O) groups excluding carboxylic acids is 2. The lowest BCUT2D eigenvalue weighted by Crippen LogP contribution is -2.38. The van der Waals surface area contributed by atoms with Gasteiger partial charge in [0.05, 0.1) is 0 Å². The van der Waals surface area contributed by atoms with Crippen LogP contribution in [0.5, 0.6) is 0 Å². The average molecular weight is 449 g/mol. The van der Waals surface area contributed by atoms with Gasteiger partial charge in [-0.15, -0.1) is 0 Å². The van der Waals surface area contributed by atoms with Gasteiger partial charge in [0.15, 0.2) is 0 Å². The van der Waals surface area contributed by atoms with Crippen molar-refractivity contribution in [1.29, 1.82) is 0 Å². The Morgan fingerprint density at radius 2 is 1.73 bits per heavy atom. The molecule has 2 aromatic carbocycles. The lowest BCUT2D eigenvalue weighted by Gasteiger charge is -2.30. The fraction of sp³-hybridized carbons (Fsp3) is 0.481. The van der Waals surface area contributed by atoms with Crippen molar-refractivity contribution in [2.75, 3.05) is 43.4 Å². The molecule has 0 atom stereocenters. The molecule has 2 heterocycles. The zero-order chi connectivity index (χ0) is 23.4. The van der Waals surface area contributed by atoms with Crippen LogP contribution in [0.25, 0.3) is 0 Å². The highest BCUT2D eigenvalue weighted by atomic mass is 16.2. The summed E-state index contributed by atoms with van der Waals surface area (Å²) in [5, 5.41) is 3.02. The first-order chi connectivity index (χ1) is 15.9. The van der Waals surface area contributed by atoms with E-state index in [0.29, 0.717) is 18.0 Å². The zero-order valence-corrected chi connectivity index (χ0v) is 20.1. The minimum atomic E-state index is -0.154. The van der Waals surface area contributed by atoms with E-state index in [1.54, 1.807) is 4.90 Å². The quantitative estimate of drug-likeness (QED) is 0.690. The topological polar surface area (TPSA) is 55.9 Å². The van der Waals surface area contributed by atoms with Crippen molar-refractivity contribution < 1.29 is 9.59 Å². The van der Waals surface area contributed by atoms with Gasteiger partial charge in [-0.25, -0.2) is 4.79 Å². The predicted octanol–water partition coefficient (Wildman–Crippen LogP) is 5.13. The minimum absolute atomic E-state index is 0.0820. The lowest BCUT2D eigenvalue weighted by atomic mass is 9.98. The summed E-state index contributed by atoms with van der Waals surface area (Å²) >= 11 is 0. The zero-order valence-electron chi connectivity index (χ0n) is 20.1. The van der Waals surface area contributed by atoms with Crippen molar-refractivity contribution in [2.24, 2.45) is 5.92 Å². The van der Waals surface area contributed by atoms with Crippen molar-refractivity contribution >= 4 is 23.3 Å². The summed E-state index contributed by atoms with van der Waals surface area (Å²) in [6, 6.07) is 13.7. The molecule has 6 heteroatoms. The number of amides is 3. The van der Waals surface area contributed by atoms with E-state index in [9.17, 15) is 9.59 Å². The Labute approximate surface area is 197 Å². The highest BCUT2D eigenvalue weighted by Gasteiger charge is 2.22. The SMILES string of the molecule is Cc1cc(C(=O)N2CCC(C)CC2)ccc1NC(=O)N(C)Cc1ccccc1N1CCCC1. The van der Waals surface area contributed by atoms with Crippen LogP contribution in [0.2, 0.25) is 0 Å². The molecule has 6 nitrogen and oxygen atoms in total. The van der Waals surface area contributed by atoms with Gasteiger partial charge in [0.2, 0.25) is 0 Å². The maximum Gasteiger partial charge on any atom is 0.321 e. The third-order valence-corrected chi connectivity index (χ3v) is 6.98. The smallest absolute Gasteiger partial charge is 0.321 e. The Hall–Kier alpha value is -3.02. The number of para-hydroxylation sites is 1. The summed E-state index contributed by atoms with van der Waals surface area (Å²) in [4.78, 5) is 31.9. The molecule has 2 fully saturated rings. The maximum absolute atomic E-state index is 12.9. The molecule has 0 saturated carbocycles. The highest BCUT2D eigenvalue weighted by Crippen LogP contribution is 2.26. The molecule has 3 amide bonds. The Balaban J connectivity index is 1.39. The van der Waals surface area contributed by atoms with E-state index in [1.165, 1.54) is 18.5 Å². The molecule has 2 aromatic rings. The molecule has 4 rings (SSSR count). The molecule has 2 aliphatic rings. The number of piperidine rings is 1. The Morgan fingerprint density at radius 1 is 1.03 bits per heavy atom. The first-order valence-electron chi connectivity index (χ1n) is 12.2. The third-order valence-electron chi connectivity index (χ3n) is 6.98. The second-order valence-electron chi connectivity index (χ2n) is 9.61. The number of hydrogen-bond acceptors (Lipinski definition) is 3. The van der Waals surface area contributed by atoms with Gasteiger partial charge >= 0.3 is 6.03 Å². The fourth-order valence-corrected chi connectivity index (χ4v) is 4.78. The molecule has 1 N–H and O–H groups in total. The third kappa shape index (κ3) is 5.49. The molecular formula is C27H36N4O2. The molecular weight excluding hydrogens is 412 g/mol. The van der Waals surface area contributed by atoms with Gasteiger partial charge in [-0.05, 0) is 73.9 Å². The molecule has 2 saturated heterocycles. The Kier molecular flexibility index (Phi) is 7.21. The largest absolute Gasteiger partial charge is 0.371 e. The van der Waals surface area contributed by atoms with Gasteiger partial charge in [0.25, 0.3) is 5.91 Å². The van der Waals surface area contributed by atoms with Gasteiger partial charge in [-0.3, -0.25) is 4.79 Å². The van der Waals surface area contributed by atoms with Crippen LogP contribution < -0.4 is 10.2 Å². The number of rotatable bonds is 5. The maximum atomic E-state index is 12.9. The van der Waals surface area contributed by atoms with E-state index < -0.39 is 0 Å². The van der Waals surface area contributed by atoms with Crippen molar-refractivity contribution in [3.8, 4) is 0 Å². The second kappa shape index (κ2) is 10.3. The number of likely N-dealkylation sites (tertiary alicyclic amines) is 1. The molecule has 33 heavy (non-hydrogen) atoms. The molecule has 0 bridgehead atoms. The van der Waals surface area contributed by atoms with Gasteiger partial charge < -0.3 is 20.0 Å². The number of carbonyl (C=O) groups is 2. The summed E-state index contributed by atoms with van der Waals surface area (Å²) < 4.78 is 0. The molecule has 0 aliphatic carbocycles. The highest BCUT2D eigenvalue weighted by molar-refractivity contribution is 5.96. The standard InChI is InChI=1S/C27H36N4O2/c1-20-12-16-31(17-13-20)26(32)22-10-11-24(21(2)18-22)28-27(33)29(3)19-23-8-4-5-9-25(23)30-14-6-7-15-30/h4-5,8-11,18,20H,6-7,12-17,19H2,1-3H3,(H,28,33). The van der Waals surface area contributed by atoms with Crippen molar-refractivity contribution in [3.05, 3.63) is 59.2 Å². The van der Waals surface area contributed by atoms with Crippen LogP contribution >= 0.6 is 0 Å². The number of hydrogen-bond donors (Lipinski definition) is 1. The molecule has 0 radical (unpaired) electrons. The number of urea groups is 1. The normalized spacial score (nSPS) is 16.7. The summed E-state index contributed by atoms with van der Waals surface area (Å²) in [6.07, 6.45) is 4.57. The van der Waals surface area contributed by atoms with Crippen molar-refractivity contribution in [3.63, 3.8) is 0 Å². The van der Waals surface area contributed by atoms with E-state index in [0.717, 1.165) is 55.8 Å². The molecule has 0 aromatic heterocycles. The second-order valence-corrected chi connectivity index (χ2v) is 9.61. The number of nitrogens with zero attached hydrogens (tertiary/aromatic N) is 3. The Morgan fingerprint density at radius 3 is 2.42 bits per heavy atom. The summed E-state index contributed by atoms with van der Waals surface area (Å²) in [5.41, 5.74) is 4.70. The summed E-state index contributed by atoms with van der Waals surface area (Å²) in [5.74, 6) is 0.770. The van der Waals surface area contributed by atoms with Crippen LogP contribution in [0.1, 0.15) is 54.1 Å². The first-order valence-corrected chi connectivity index (χ1v) is 12.2. The minimum Gasteiger partial charge on any atom is -0.371 e. The molecule has 2 aliphatic heterocycles. The van der Waals surface area contributed by atoms with Crippen LogP contribution in [0, 0.1) is 12.8 Å². The van der Waals surface area contributed by atoms with Gasteiger partial charge in [-0.2, -0.15) is 0 Å². The Bertz CT molecular complexity index is 991. The monoisotopic (exact) mass is 448 g/mol. The fourth-order valence-electron chi connectivity index (χ4n) is 4.78. The number of nitrogens with one attached hydrogen (secondary N) is 1. The van der Waals surface area contributed by atoms with E-state index in [-0.39, 0.29) is 11.9 Å². The summed E-state index contributed by atoms with van der Waals surface area (Å²) in [6.45, 7) is 8.52. The van der Waals surface area contributed by atoms with E-state index in [4.69, 9.17) is 0 Å². The van der Waals surface area contributed by atoms with Crippen LogP contribution in [0.3, 0.4) is 0 Å². The van der Waals surface area contributed by atoms with E-state index in [2.05, 4.69) is 35.3 Å². The molecule has 0 unspecified atom stereocenters. The van der Waals surface area contributed by atoms with Crippen LogP contribution in [0.4, 0.5) is 16.2 Å². The molecule has 176 valence electrons. The number of aryl methyl sites for hydroxylation is 1. The van der Waals surface area contributed by atoms with E-state index >= 15 is 0 Å². The predicted molar refractivity (Wildman–Crippen MR) is 134 cm³/mol. The first kappa shape index (κ1) is 23.1. The van der Waals surface area contributed by atoms with Gasteiger partial charge in [-0.1, -0.05) is 25.1 Å². The van der Waals surface area contributed by atoms with E-state index in [1.807, 2.05) is 43.1 Å². The lowest BCUT2D eigenvalue weighted by molar-refractivity contribution is 0.0697. The molecule has 0 spiro atoms. The van der Waals surface area contributed by atoms with Crippen LogP contribution in [-0.4, -0.2) is 55.0 Å². The number of benzene rings is 2.